The number of aromatic nitrogens is 4. The predicted molar refractivity (Wildman–Crippen MR) is 97.5 cm³/mol. The topological polar surface area (TPSA) is 65.5 Å². The molecule has 0 fully saturated rings. The molecule has 3 heterocycles. The molecule has 0 aliphatic carbocycles. The maximum atomic E-state index is 6.05. The van der Waals surface area contributed by atoms with E-state index in [0.717, 1.165) is 16.8 Å². The Morgan fingerprint density at radius 2 is 1.92 bits per heavy atom. The van der Waals surface area contributed by atoms with Crippen molar-refractivity contribution in [1.82, 2.24) is 19.5 Å². The third-order valence-electron chi connectivity index (χ3n) is 4.18. The van der Waals surface area contributed by atoms with Gasteiger partial charge in [-0.2, -0.15) is 4.98 Å². The first-order valence-corrected chi connectivity index (χ1v) is 8.53. The second-order valence-corrected chi connectivity index (χ2v) is 6.80. The fraction of sp³-hybridized carbons (Fsp3) is 0.250. The van der Waals surface area contributed by atoms with E-state index in [4.69, 9.17) is 9.26 Å². The molecule has 0 N–H and O–H groups in total. The van der Waals surface area contributed by atoms with Crippen LogP contribution in [0.15, 0.2) is 65.6 Å². The highest BCUT2D eigenvalue weighted by atomic mass is 16.5. The summed E-state index contributed by atoms with van der Waals surface area (Å²) in [6, 6.07) is 14.0. The SMILES string of the molecule is CC(C)(Cc1nc(-c2cccn3ccnc23)no1)OCc1ccccc1. The molecule has 0 bridgehead atoms. The van der Waals surface area contributed by atoms with Crippen LogP contribution in [0.1, 0.15) is 25.3 Å². The van der Waals surface area contributed by atoms with Crippen molar-refractivity contribution in [3.63, 3.8) is 0 Å². The van der Waals surface area contributed by atoms with Crippen LogP contribution >= 0.6 is 0 Å². The lowest BCUT2D eigenvalue weighted by Gasteiger charge is -2.23. The molecular formula is C20H20N4O2. The van der Waals surface area contributed by atoms with Gasteiger partial charge in [0.05, 0.1) is 24.2 Å². The maximum Gasteiger partial charge on any atom is 0.229 e. The minimum Gasteiger partial charge on any atom is -0.370 e. The first-order chi connectivity index (χ1) is 12.6. The Labute approximate surface area is 151 Å². The summed E-state index contributed by atoms with van der Waals surface area (Å²) in [5.41, 5.74) is 2.37. The molecule has 132 valence electrons. The Morgan fingerprint density at radius 3 is 2.77 bits per heavy atom. The molecule has 6 nitrogen and oxygen atoms in total. The minimum absolute atomic E-state index is 0.418. The molecule has 4 aromatic rings. The molecule has 0 radical (unpaired) electrons. The summed E-state index contributed by atoms with van der Waals surface area (Å²) in [6.45, 7) is 4.59. The zero-order valence-electron chi connectivity index (χ0n) is 14.8. The quantitative estimate of drug-likeness (QED) is 0.528. The van der Waals surface area contributed by atoms with Crippen molar-refractivity contribution in [2.24, 2.45) is 0 Å². The summed E-state index contributed by atoms with van der Waals surface area (Å²) in [6.07, 6.45) is 6.11. The fourth-order valence-corrected chi connectivity index (χ4v) is 2.83. The monoisotopic (exact) mass is 348 g/mol. The Morgan fingerprint density at radius 1 is 1.08 bits per heavy atom. The van der Waals surface area contributed by atoms with Gasteiger partial charge in [0, 0.05) is 18.6 Å². The Hall–Kier alpha value is -2.99. The van der Waals surface area contributed by atoms with Gasteiger partial charge in [-0.3, -0.25) is 0 Å². The molecule has 0 saturated carbocycles. The molecule has 4 rings (SSSR count). The number of hydrogen-bond donors (Lipinski definition) is 0. The number of hydrogen-bond acceptors (Lipinski definition) is 5. The molecule has 1 aromatic carbocycles. The molecule has 0 atom stereocenters. The average Bonchev–Trinajstić information content (AvgIpc) is 3.29. The minimum atomic E-state index is -0.418. The lowest BCUT2D eigenvalue weighted by molar-refractivity contribution is -0.0331. The summed E-state index contributed by atoms with van der Waals surface area (Å²) in [5, 5.41) is 4.12. The molecule has 3 aromatic heterocycles. The average molecular weight is 348 g/mol. The molecule has 0 spiro atoms. The lowest BCUT2D eigenvalue weighted by Crippen LogP contribution is -2.27. The highest BCUT2D eigenvalue weighted by Crippen LogP contribution is 2.23. The number of fused-ring (bicyclic) bond motifs is 1. The first-order valence-electron chi connectivity index (χ1n) is 8.53. The van der Waals surface area contributed by atoms with Crippen LogP contribution in [-0.4, -0.2) is 25.1 Å². The zero-order valence-corrected chi connectivity index (χ0v) is 14.8. The smallest absolute Gasteiger partial charge is 0.229 e. The first kappa shape index (κ1) is 16.5. The number of pyridine rings is 1. The van der Waals surface area contributed by atoms with E-state index >= 15 is 0 Å². The van der Waals surface area contributed by atoms with E-state index in [1.807, 2.05) is 73.1 Å². The van der Waals surface area contributed by atoms with Crippen molar-refractivity contribution in [1.29, 1.82) is 0 Å². The van der Waals surface area contributed by atoms with Gasteiger partial charge in [0.25, 0.3) is 0 Å². The summed E-state index contributed by atoms with van der Waals surface area (Å²) in [7, 11) is 0. The van der Waals surface area contributed by atoms with Gasteiger partial charge in [-0.1, -0.05) is 35.5 Å². The van der Waals surface area contributed by atoms with Gasteiger partial charge in [-0.15, -0.1) is 0 Å². The van der Waals surface area contributed by atoms with E-state index in [-0.39, 0.29) is 0 Å². The standard InChI is InChI=1S/C20H20N4O2/c1-20(2,25-14-15-7-4-3-5-8-15)13-17-22-18(23-26-17)16-9-6-11-24-12-10-21-19(16)24/h3-12H,13-14H2,1-2H3. The molecule has 0 saturated heterocycles. The number of imidazole rings is 1. The van der Waals surface area contributed by atoms with Crippen molar-refractivity contribution in [3.05, 3.63) is 72.5 Å². The maximum absolute atomic E-state index is 6.05. The van der Waals surface area contributed by atoms with Crippen LogP contribution in [-0.2, 0) is 17.8 Å². The highest BCUT2D eigenvalue weighted by molar-refractivity contribution is 5.72. The molecule has 0 aliphatic rings. The third kappa shape index (κ3) is 3.50. The largest absolute Gasteiger partial charge is 0.370 e. The number of ether oxygens (including phenoxy) is 1. The van der Waals surface area contributed by atoms with Gasteiger partial charge in [-0.25, -0.2) is 4.98 Å². The normalized spacial score (nSPS) is 11.9. The lowest BCUT2D eigenvalue weighted by atomic mass is 10.1. The summed E-state index contributed by atoms with van der Waals surface area (Å²) < 4.78 is 13.4. The fourth-order valence-electron chi connectivity index (χ4n) is 2.83. The molecule has 26 heavy (non-hydrogen) atoms. The van der Waals surface area contributed by atoms with E-state index < -0.39 is 5.60 Å². The molecular weight excluding hydrogens is 328 g/mol. The van der Waals surface area contributed by atoms with Crippen molar-refractivity contribution >= 4 is 5.65 Å². The predicted octanol–water partition coefficient (Wildman–Crippen LogP) is 3.92. The van der Waals surface area contributed by atoms with E-state index in [2.05, 4.69) is 15.1 Å². The summed E-state index contributed by atoms with van der Waals surface area (Å²) >= 11 is 0. The van der Waals surface area contributed by atoms with Crippen molar-refractivity contribution < 1.29 is 9.26 Å². The van der Waals surface area contributed by atoms with E-state index in [1.54, 1.807) is 6.20 Å². The zero-order chi connectivity index (χ0) is 18.0. The Balaban J connectivity index is 1.48. The van der Waals surface area contributed by atoms with Crippen LogP contribution in [0.25, 0.3) is 17.0 Å². The number of benzene rings is 1. The number of rotatable bonds is 6. The molecule has 6 heteroatoms. The molecule has 0 amide bonds. The van der Waals surface area contributed by atoms with Crippen LogP contribution in [0.3, 0.4) is 0 Å². The number of nitrogens with zero attached hydrogens (tertiary/aromatic N) is 4. The van der Waals surface area contributed by atoms with Crippen LogP contribution in [0.2, 0.25) is 0 Å². The van der Waals surface area contributed by atoms with Gasteiger partial charge in [0.15, 0.2) is 0 Å². The Bertz CT molecular complexity index is 1000. The van der Waals surface area contributed by atoms with Crippen molar-refractivity contribution in [3.8, 4) is 11.4 Å². The molecule has 0 aliphatic heterocycles. The second kappa shape index (κ2) is 6.72. The molecule has 0 unspecified atom stereocenters. The van der Waals surface area contributed by atoms with E-state index in [9.17, 15) is 0 Å². The van der Waals surface area contributed by atoms with E-state index in [1.165, 1.54) is 0 Å². The second-order valence-electron chi connectivity index (χ2n) is 6.80. The van der Waals surface area contributed by atoms with Gasteiger partial charge in [-0.05, 0) is 31.5 Å². The third-order valence-corrected chi connectivity index (χ3v) is 4.18. The highest BCUT2D eigenvalue weighted by Gasteiger charge is 2.24. The van der Waals surface area contributed by atoms with Crippen molar-refractivity contribution in [2.75, 3.05) is 0 Å². The van der Waals surface area contributed by atoms with Gasteiger partial charge < -0.3 is 13.7 Å². The van der Waals surface area contributed by atoms with E-state index in [0.29, 0.717) is 24.7 Å². The van der Waals surface area contributed by atoms with Gasteiger partial charge >= 0.3 is 0 Å². The van der Waals surface area contributed by atoms with Crippen molar-refractivity contribution in [2.45, 2.75) is 32.5 Å². The summed E-state index contributed by atoms with van der Waals surface area (Å²) in [4.78, 5) is 8.90. The van der Waals surface area contributed by atoms with Crippen LogP contribution in [0.4, 0.5) is 0 Å². The summed E-state index contributed by atoms with van der Waals surface area (Å²) in [5.74, 6) is 1.09. The van der Waals surface area contributed by atoms with Crippen LogP contribution in [0.5, 0.6) is 0 Å². The van der Waals surface area contributed by atoms with Crippen LogP contribution in [0, 0.1) is 0 Å². The van der Waals surface area contributed by atoms with Crippen LogP contribution < -0.4 is 0 Å². The van der Waals surface area contributed by atoms with Gasteiger partial charge in [0.2, 0.25) is 11.7 Å². The Kier molecular flexibility index (Phi) is 4.26. The van der Waals surface area contributed by atoms with Gasteiger partial charge in [0.1, 0.15) is 5.65 Å².